The maximum absolute atomic E-state index is 13.1. The molecule has 126 valence electrons. The van der Waals surface area contributed by atoms with Gasteiger partial charge in [0, 0.05) is 26.2 Å². The predicted molar refractivity (Wildman–Crippen MR) is 92.8 cm³/mol. The molecule has 0 aromatic heterocycles. The summed E-state index contributed by atoms with van der Waals surface area (Å²) in [6, 6.07) is 10.9. The molecule has 2 aromatic carbocycles. The summed E-state index contributed by atoms with van der Waals surface area (Å²) in [5.41, 5.74) is 1.65. The molecular weight excluding hydrogens is 331 g/mol. The summed E-state index contributed by atoms with van der Waals surface area (Å²) in [5, 5.41) is 3.00. The molecule has 0 aliphatic carbocycles. The summed E-state index contributed by atoms with van der Waals surface area (Å²) < 4.78 is 13.1. The van der Waals surface area contributed by atoms with Crippen molar-refractivity contribution in [2.45, 2.75) is 12.8 Å². The van der Waals surface area contributed by atoms with Gasteiger partial charge in [-0.2, -0.15) is 0 Å². The summed E-state index contributed by atoms with van der Waals surface area (Å²) >= 11 is 6.10. The van der Waals surface area contributed by atoms with Gasteiger partial charge in [0.05, 0.1) is 10.6 Å². The number of nitrogens with one attached hydrogen (secondary N) is 1. The van der Waals surface area contributed by atoms with Crippen molar-refractivity contribution in [2.75, 3.05) is 19.4 Å². The number of aryl methyl sites for hydroxylation is 1. The molecule has 6 heteroatoms. The Hall–Kier alpha value is -2.40. The largest absolute Gasteiger partial charge is 0.345 e. The lowest BCUT2D eigenvalue weighted by molar-refractivity contribution is -0.116. The van der Waals surface area contributed by atoms with E-state index in [-0.39, 0.29) is 29.1 Å². The Labute approximate surface area is 145 Å². The van der Waals surface area contributed by atoms with Crippen LogP contribution >= 0.6 is 11.6 Å². The van der Waals surface area contributed by atoms with E-state index >= 15 is 0 Å². The van der Waals surface area contributed by atoms with Crippen LogP contribution in [0.5, 0.6) is 0 Å². The Morgan fingerprint density at radius 2 is 1.92 bits per heavy atom. The van der Waals surface area contributed by atoms with E-state index < -0.39 is 0 Å². The Bertz CT molecular complexity index is 762. The molecule has 0 fully saturated rings. The Balaban J connectivity index is 1.97. The molecule has 1 N–H and O–H groups in total. The molecule has 0 bridgehead atoms. The molecular formula is C18H18ClFN2O2. The monoisotopic (exact) mass is 348 g/mol. The number of hydrogen-bond donors (Lipinski definition) is 1. The minimum Gasteiger partial charge on any atom is -0.345 e. The van der Waals surface area contributed by atoms with Crippen LogP contribution in [-0.2, 0) is 11.2 Å². The van der Waals surface area contributed by atoms with E-state index in [1.165, 1.54) is 17.0 Å². The van der Waals surface area contributed by atoms with E-state index in [4.69, 9.17) is 11.6 Å². The van der Waals surface area contributed by atoms with Crippen molar-refractivity contribution in [1.29, 1.82) is 0 Å². The highest BCUT2D eigenvalue weighted by Crippen LogP contribution is 2.22. The second-order valence-electron chi connectivity index (χ2n) is 5.57. The zero-order valence-electron chi connectivity index (χ0n) is 13.5. The van der Waals surface area contributed by atoms with Crippen LogP contribution in [0.4, 0.5) is 10.1 Å². The van der Waals surface area contributed by atoms with Gasteiger partial charge in [-0.25, -0.2) is 4.39 Å². The van der Waals surface area contributed by atoms with Crippen molar-refractivity contribution in [3.8, 4) is 0 Å². The van der Waals surface area contributed by atoms with Crippen LogP contribution in [-0.4, -0.2) is 30.8 Å². The molecule has 0 unspecified atom stereocenters. The second-order valence-corrected chi connectivity index (χ2v) is 5.98. The third kappa shape index (κ3) is 4.80. The van der Waals surface area contributed by atoms with E-state index in [2.05, 4.69) is 5.32 Å². The molecule has 4 nitrogen and oxygen atoms in total. The van der Waals surface area contributed by atoms with Crippen molar-refractivity contribution >= 4 is 29.1 Å². The van der Waals surface area contributed by atoms with E-state index in [9.17, 15) is 14.0 Å². The quantitative estimate of drug-likeness (QED) is 0.894. The number of benzene rings is 2. The van der Waals surface area contributed by atoms with Crippen LogP contribution in [0.1, 0.15) is 22.3 Å². The first-order valence-electron chi connectivity index (χ1n) is 7.42. The fraction of sp³-hybridized carbons (Fsp3) is 0.222. The molecule has 2 rings (SSSR count). The van der Waals surface area contributed by atoms with Crippen molar-refractivity contribution < 1.29 is 14.0 Å². The molecule has 0 saturated heterocycles. The minimum absolute atomic E-state index is 0.205. The normalized spacial score (nSPS) is 10.3. The fourth-order valence-corrected chi connectivity index (χ4v) is 2.44. The fourth-order valence-electron chi connectivity index (χ4n) is 2.18. The van der Waals surface area contributed by atoms with Gasteiger partial charge in [0.1, 0.15) is 5.82 Å². The molecule has 0 heterocycles. The zero-order chi connectivity index (χ0) is 17.7. The highest BCUT2D eigenvalue weighted by molar-refractivity contribution is 6.34. The van der Waals surface area contributed by atoms with Gasteiger partial charge >= 0.3 is 0 Å². The van der Waals surface area contributed by atoms with Gasteiger partial charge in [-0.1, -0.05) is 23.7 Å². The Morgan fingerprint density at radius 1 is 1.17 bits per heavy atom. The van der Waals surface area contributed by atoms with Gasteiger partial charge in [0.2, 0.25) is 5.91 Å². The summed E-state index contributed by atoms with van der Waals surface area (Å²) in [5.74, 6) is -0.730. The summed E-state index contributed by atoms with van der Waals surface area (Å²) in [6.07, 6.45) is 0.661. The van der Waals surface area contributed by atoms with Gasteiger partial charge < -0.3 is 10.2 Å². The molecule has 24 heavy (non-hydrogen) atoms. The predicted octanol–water partition coefficient (Wildman–Crippen LogP) is 3.75. The number of amides is 2. The number of carbonyl (C=O) groups is 2. The van der Waals surface area contributed by atoms with Crippen molar-refractivity contribution in [3.05, 3.63) is 64.4 Å². The average molecular weight is 349 g/mol. The topological polar surface area (TPSA) is 49.4 Å². The van der Waals surface area contributed by atoms with E-state index in [1.807, 2.05) is 0 Å². The average Bonchev–Trinajstić information content (AvgIpc) is 2.52. The van der Waals surface area contributed by atoms with Crippen LogP contribution in [0, 0.1) is 5.82 Å². The van der Waals surface area contributed by atoms with Crippen molar-refractivity contribution in [2.24, 2.45) is 0 Å². The lowest BCUT2D eigenvalue weighted by Crippen LogP contribution is -2.22. The van der Waals surface area contributed by atoms with Gasteiger partial charge in [-0.05, 0) is 42.3 Å². The molecule has 0 aliphatic rings. The highest BCUT2D eigenvalue weighted by atomic mass is 35.5. The standard InChI is InChI=1S/C18H18ClFN2O2/c1-22(2)18(24)15-8-7-14(11-16(15)19)21-17(23)9-6-12-4-3-5-13(20)10-12/h3-5,7-8,10-11H,6,9H2,1-2H3,(H,21,23). The van der Waals surface area contributed by atoms with Crippen LogP contribution in [0.2, 0.25) is 5.02 Å². The number of nitrogens with zero attached hydrogens (tertiary/aromatic N) is 1. The molecule has 0 aliphatic heterocycles. The van der Waals surface area contributed by atoms with E-state index in [0.29, 0.717) is 17.7 Å². The molecule has 2 aromatic rings. The van der Waals surface area contributed by atoms with E-state index in [1.54, 1.807) is 44.4 Å². The smallest absolute Gasteiger partial charge is 0.254 e. The number of hydrogen-bond acceptors (Lipinski definition) is 2. The maximum atomic E-state index is 13.1. The van der Waals surface area contributed by atoms with Crippen molar-refractivity contribution in [1.82, 2.24) is 4.90 Å². The molecule has 2 amide bonds. The summed E-state index contributed by atoms with van der Waals surface area (Å²) in [6.45, 7) is 0. The molecule has 0 saturated carbocycles. The van der Waals surface area contributed by atoms with Gasteiger partial charge in [-0.15, -0.1) is 0 Å². The second kappa shape index (κ2) is 7.93. The number of anilines is 1. The molecule has 0 radical (unpaired) electrons. The first-order chi connectivity index (χ1) is 11.4. The number of halogens is 2. The third-order valence-corrected chi connectivity index (χ3v) is 3.73. The summed E-state index contributed by atoms with van der Waals surface area (Å²) in [4.78, 5) is 25.3. The van der Waals surface area contributed by atoms with Crippen molar-refractivity contribution in [3.63, 3.8) is 0 Å². The van der Waals surface area contributed by atoms with Crippen LogP contribution < -0.4 is 5.32 Å². The Kier molecular flexibility index (Phi) is 5.93. The third-order valence-electron chi connectivity index (χ3n) is 3.42. The first kappa shape index (κ1) is 17.9. The number of rotatable bonds is 5. The molecule has 0 atom stereocenters. The van der Waals surface area contributed by atoms with Gasteiger partial charge in [-0.3, -0.25) is 9.59 Å². The van der Waals surface area contributed by atoms with Crippen LogP contribution in [0.25, 0.3) is 0 Å². The molecule has 0 spiro atoms. The SMILES string of the molecule is CN(C)C(=O)c1ccc(NC(=O)CCc2cccc(F)c2)cc1Cl. The minimum atomic E-state index is -0.319. The van der Waals surface area contributed by atoms with Crippen LogP contribution in [0.15, 0.2) is 42.5 Å². The van der Waals surface area contributed by atoms with E-state index in [0.717, 1.165) is 5.56 Å². The Morgan fingerprint density at radius 3 is 2.54 bits per heavy atom. The highest BCUT2D eigenvalue weighted by Gasteiger charge is 2.13. The summed E-state index contributed by atoms with van der Waals surface area (Å²) in [7, 11) is 3.28. The lowest BCUT2D eigenvalue weighted by atomic mass is 10.1. The lowest BCUT2D eigenvalue weighted by Gasteiger charge is -2.13. The first-order valence-corrected chi connectivity index (χ1v) is 7.80. The van der Waals surface area contributed by atoms with Crippen LogP contribution in [0.3, 0.4) is 0 Å². The zero-order valence-corrected chi connectivity index (χ0v) is 14.2. The van der Waals surface area contributed by atoms with Gasteiger partial charge in [0.25, 0.3) is 5.91 Å². The van der Waals surface area contributed by atoms with Gasteiger partial charge in [0.15, 0.2) is 0 Å². The maximum Gasteiger partial charge on any atom is 0.254 e. The number of carbonyl (C=O) groups excluding carboxylic acids is 2.